The van der Waals surface area contributed by atoms with Crippen LogP contribution in [0, 0.1) is 0 Å². The standard InChI is InChI=1S/C21H35N3O2S/c1-3-22-21(24-18-11-8-12-20(13-18)27-4-2)23-14-19(25)16-26-15-17-9-6-5-7-10-17/h5-7,9-10,18-20,25H,3-4,8,11-16H2,1-2H3,(H2,22,23,24). The third kappa shape index (κ3) is 9.00. The highest BCUT2D eigenvalue weighted by molar-refractivity contribution is 7.99. The largest absolute Gasteiger partial charge is 0.389 e. The molecule has 0 aromatic heterocycles. The van der Waals surface area contributed by atoms with Gasteiger partial charge in [-0.05, 0) is 37.5 Å². The maximum Gasteiger partial charge on any atom is 0.191 e. The van der Waals surface area contributed by atoms with Gasteiger partial charge in [0, 0.05) is 17.8 Å². The SMILES string of the molecule is CCNC(=NCC(O)COCc1ccccc1)NC1CCCC(SCC)C1. The molecule has 5 nitrogen and oxygen atoms in total. The Labute approximate surface area is 168 Å². The third-order valence-corrected chi connectivity index (χ3v) is 5.83. The Kier molecular flexibility index (Phi) is 10.6. The quantitative estimate of drug-likeness (QED) is 0.421. The molecule has 0 aliphatic heterocycles. The number of rotatable bonds is 10. The minimum atomic E-state index is -0.598. The van der Waals surface area contributed by atoms with E-state index in [1.54, 1.807) is 0 Å². The molecule has 0 heterocycles. The Hall–Kier alpha value is -1.24. The summed E-state index contributed by atoms with van der Waals surface area (Å²) in [7, 11) is 0. The number of thioether (sulfide) groups is 1. The molecule has 3 unspecified atom stereocenters. The molecule has 1 aromatic carbocycles. The van der Waals surface area contributed by atoms with E-state index in [4.69, 9.17) is 4.74 Å². The van der Waals surface area contributed by atoms with Gasteiger partial charge in [-0.25, -0.2) is 0 Å². The second kappa shape index (κ2) is 13.0. The van der Waals surface area contributed by atoms with E-state index in [2.05, 4.69) is 41.2 Å². The number of aliphatic hydroxyl groups excluding tert-OH is 1. The highest BCUT2D eigenvalue weighted by Crippen LogP contribution is 2.28. The zero-order valence-electron chi connectivity index (χ0n) is 16.7. The Morgan fingerprint density at radius 3 is 2.85 bits per heavy atom. The summed E-state index contributed by atoms with van der Waals surface area (Å²) in [5, 5.41) is 17.8. The van der Waals surface area contributed by atoms with E-state index >= 15 is 0 Å². The monoisotopic (exact) mass is 393 g/mol. The minimum Gasteiger partial charge on any atom is -0.389 e. The Morgan fingerprint density at radius 2 is 2.11 bits per heavy atom. The number of nitrogens with zero attached hydrogens (tertiary/aromatic N) is 1. The van der Waals surface area contributed by atoms with Gasteiger partial charge in [-0.1, -0.05) is 43.7 Å². The number of ether oxygens (including phenoxy) is 1. The van der Waals surface area contributed by atoms with Crippen LogP contribution < -0.4 is 10.6 Å². The molecule has 0 saturated heterocycles. The summed E-state index contributed by atoms with van der Waals surface area (Å²) in [6.07, 6.45) is 4.37. The summed E-state index contributed by atoms with van der Waals surface area (Å²) in [4.78, 5) is 4.56. The summed E-state index contributed by atoms with van der Waals surface area (Å²) < 4.78 is 5.60. The summed E-state index contributed by atoms with van der Waals surface area (Å²) in [5.74, 6) is 1.98. The second-order valence-electron chi connectivity index (χ2n) is 6.96. The number of aliphatic hydroxyl groups is 1. The molecule has 6 heteroatoms. The van der Waals surface area contributed by atoms with Crippen LogP contribution in [-0.4, -0.2) is 53.9 Å². The molecule has 0 bridgehead atoms. The van der Waals surface area contributed by atoms with Gasteiger partial charge in [0.2, 0.25) is 0 Å². The van der Waals surface area contributed by atoms with Crippen molar-refractivity contribution in [3.8, 4) is 0 Å². The molecule has 27 heavy (non-hydrogen) atoms. The topological polar surface area (TPSA) is 65.9 Å². The zero-order valence-corrected chi connectivity index (χ0v) is 17.5. The molecule has 3 atom stereocenters. The van der Waals surface area contributed by atoms with Crippen molar-refractivity contribution < 1.29 is 9.84 Å². The van der Waals surface area contributed by atoms with Crippen LogP contribution in [0.2, 0.25) is 0 Å². The molecule has 0 amide bonds. The van der Waals surface area contributed by atoms with Crippen LogP contribution in [0.5, 0.6) is 0 Å². The zero-order chi connectivity index (χ0) is 19.3. The second-order valence-corrected chi connectivity index (χ2v) is 8.54. The average molecular weight is 394 g/mol. The lowest BCUT2D eigenvalue weighted by Crippen LogP contribution is -2.46. The number of hydrogen-bond donors (Lipinski definition) is 3. The van der Waals surface area contributed by atoms with E-state index < -0.39 is 6.10 Å². The van der Waals surface area contributed by atoms with Crippen molar-refractivity contribution in [2.24, 2.45) is 4.99 Å². The van der Waals surface area contributed by atoms with E-state index in [1.807, 2.05) is 30.3 Å². The van der Waals surface area contributed by atoms with Gasteiger partial charge >= 0.3 is 0 Å². The maximum absolute atomic E-state index is 10.2. The van der Waals surface area contributed by atoms with Gasteiger partial charge in [0.05, 0.1) is 25.9 Å². The van der Waals surface area contributed by atoms with Gasteiger partial charge in [0.1, 0.15) is 0 Å². The van der Waals surface area contributed by atoms with Gasteiger partial charge in [-0.15, -0.1) is 0 Å². The highest BCUT2D eigenvalue weighted by Gasteiger charge is 2.22. The molecule has 1 aliphatic carbocycles. The van der Waals surface area contributed by atoms with E-state index in [0.717, 1.165) is 23.3 Å². The number of benzene rings is 1. The van der Waals surface area contributed by atoms with Gasteiger partial charge < -0.3 is 20.5 Å². The molecule has 2 rings (SSSR count). The lowest BCUT2D eigenvalue weighted by Gasteiger charge is -2.30. The molecule has 0 radical (unpaired) electrons. The Bertz CT molecular complexity index is 539. The summed E-state index contributed by atoms with van der Waals surface area (Å²) >= 11 is 2.07. The molecular weight excluding hydrogens is 358 g/mol. The highest BCUT2D eigenvalue weighted by atomic mass is 32.2. The molecule has 3 N–H and O–H groups in total. The van der Waals surface area contributed by atoms with E-state index in [9.17, 15) is 5.11 Å². The molecule has 0 spiro atoms. The molecule has 1 saturated carbocycles. The first-order valence-corrected chi connectivity index (χ1v) is 11.2. The first kappa shape index (κ1) is 22.1. The van der Waals surface area contributed by atoms with Crippen molar-refractivity contribution in [1.29, 1.82) is 0 Å². The number of guanidine groups is 1. The molecule has 152 valence electrons. The van der Waals surface area contributed by atoms with Crippen LogP contribution in [0.25, 0.3) is 0 Å². The minimum absolute atomic E-state index is 0.288. The molecule has 1 aliphatic rings. The summed E-state index contributed by atoms with van der Waals surface area (Å²) in [6.45, 7) is 6.24. The first-order valence-electron chi connectivity index (χ1n) is 10.2. The Balaban J connectivity index is 1.74. The maximum atomic E-state index is 10.2. The Morgan fingerprint density at radius 1 is 1.30 bits per heavy atom. The fourth-order valence-electron chi connectivity index (χ4n) is 3.31. The molecular formula is C21H35N3O2S. The predicted octanol–water partition coefficient (Wildman–Crippen LogP) is 3.18. The van der Waals surface area contributed by atoms with Gasteiger partial charge in [0.15, 0.2) is 5.96 Å². The lowest BCUT2D eigenvalue weighted by atomic mass is 9.95. The van der Waals surface area contributed by atoms with Crippen LogP contribution in [0.4, 0.5) is 0 Å². The fourth-order valence-corrected chi connectivity index (χ4v) is 4.49. The number of nitrogens with one attached hydrogen (secondary N) is 2. The smallest absolute Gasteiger partial charge is 0.191 e. The van der Waals surface area contributed by atoms with Crippen LogP contribution >= 0.6 is 11.8 Å². The van der Waals surface area contributed by atoms with Gasteiger partial charge in [-0.3, -0.25) is 4.99 Å². The number of hydrogen-bond acceptors (Lipinski definition) is 4. The summed E-state index contributed by atoms with van der Waals surface area (Å²) in [5.41, 5.74) is 1.11. The molecule has 1 aromatic rings. The fraction of sp³-hybridized carbons (Fsp3) is 0.667. The van der Waals surface area contributed by atoms with Crippen molar-refractivity contribution in [2.45, 2.75) is 63.5 Å². The van der Waals surface area contributed by atoms with Crippen LogP contribution in [0.3, 0.4) is 0 Å². The summed E-state index contributed by atoms with van der Waals surface area (Å²) in [6, 6.07) is 10.5. The van der Waals surface area contributed by atoms with E-state index in [0.29, 0.717) is 19.2 Å². The number of aliphatic imine (C=N–C) groups is 1. The average Bonchev–Trinajstić information content (AvgIpc) is 2.68. The van der Waals surface area contributed by atoms with Crippen molar-refractivity contribution in [3.05, 3.63) is 35.9 Å². The van der Waals surface area contributed by atoms with E-state index in [-0.39, 0.29) is 6.61 Å². The van der Waals surface area contributed by atoms with Crippen molar-refractivity contribution in [1.82, 2.24) is 10.6 Å². The first-order chi connectivity index (χ1) is 13.2. The van der Waals surface area contributed by atoms with Gasteiger partial charge in [0.25, 0.3) is 0 Å². The van der Waals surface area contributed by atoms with Crippen molar-refractivity contribution in [3.63, 3.8) is 0 Å². The van der Waals surface area contributed by atoms with E-state index in [1.165, 1.54) is 31.4 Å². The van der Waals surface area contributed by atoms with Crippen LogP contribution in [0.15, 0.2) is 35.3 Å². The lowest BCUT2D eigenvalue weighted by molar-refractivity contribution is 0.0331. The third-order valence-electron chi connectivity index (χ3n) is 4.60. The normalized spacial score (nSPS) is 21.7. The predicted molar refractivity (Wildman–Crippen MR) is 115 cm³/mol. The van der Waals surface area contributed by atoms with Gasteiger partial charge in [-0.2, -0.15) is 11.8 Å². The van der Waals surface area contributed by atoms with Crippen molar-refractivity contribution in [2.75, 3.05) is 25.4 Å². The van der Waals surface area contributed by atoms with Crippen LogP contribution in [-0.2, 0) is 11.3 Å². The van der Waals surface area contributed by atoms with Crippen molar-refractivity contribution >= 4 is 17.7 Å². The van der Waals surface area contributed by atoms with Crippen LogP contribution in [0.1, 0.15) is 45.1 Å². The molecule has 1 fully saturated rings.